The monoisotopic (exact) mass is 419 g/mol. The molecule has 0 aromatic heterocycles. The Bertz CT molecular complexity index is 1150. The summed E-state index contributed by atoms with van der Waals surface area (Å²) < 4.78 is 13.4. The van der Waals surface area contributed by atoms with Crippen LogP contribution in [0.25, 0.3) is 6.08 Å². The summed E-state index contributed by atoms with van der Waals surface area (Å²) >= 11 is 6.44. The summed E-state index contributed by atoms with van der Waals surface area (Å²) in [6.45, 7) is 0. The molecule has 4 nitrogen and oxygen atoms in total. The topological polar surface area (TPSA) is 35.9 Å². The van der Waals surface area contributed by atoms with Crippen LogP contribution in [0.5, 0.6) is 0 Å². The van der Waals surface area contributed by atoms with E-state index in [1.165, 1.54) is 17.0 Å². The molecule has 0 aliphatic carbocycles. The standard InChI is InChI=1S/C24H19ClFN3O/c1-28(2)20-11-8-17(21(25)15-20)14-22-24(30)29(19-12-9-18(26)10-13-19)23(27-22)16-6-4-3-5-7-16/h3-15H,1-2H3. The summed E-state index contributed by atoms with van der Waals surface area (Å²) in [5.74, 6) is -0.181. The van der Waals surface area contributed by atoms with Gasteiger partial charge in [0.15, 0.2) is 0 Å². The minimum atomic E-state index is -0.368. The highest BCUT2D eigenvalue weighted by atomic mass is 35.5. The van der Waals surface area contributed by atoms with Gasteiger partial charge in [0, 0.05) is 30.4 Å². The number of halogens is 2. The molecule has 0 N–H and O–H groups in total. The number of aliphatic imine (C=N–C) groups is 1. The molecular formula is C24H19ClFN3O. The number of carbonyl (C=O) groups is 1. The maximum absolute atomic E-state index is 13.4. The van der Waals surface area contributed by atoms with Gasteiger partial charge in [-0.05, 0) is 48.0 Å². The second-order valence-electron chi connectivity index (χ2n) is 7.05. The van der Waals surface area contributed by atoms with Crippen molar-refractivity contribution in [1.82, 2.24) is 0 Å². The minimum Gasteiger partial charge on any atom is -0.378 e. The van der Waals surface area contributed by atoms with E-state index in [1.54, 1.807) is 18.2 Å². The van der Waals surface area contributed by atoms with Gasteiger partial charge in [0.1, 0.15) is 17.3 Å². The van der Waals surface area contributed by atoms with E-state index in [-0.39, 0.29) is 17.4 Å². The maximum Gasteiger partial charge on any atom is 0.282 e. The highest BCUT2D eigenvalue weighted by Gasteiger charge is 2.32. The Morgan fingerprint density at radius 2 is 1.70 bits per heavy atom. The number of nitrogens with zero attached hydrogens (tertiary/aromatic N) is 3. The van der Waals surface area contributed by atoms with Gasteiger partial charge in [-0.1, -0.05) is 48.0 Å². The van der Waals surface area contributed by atoms with Crippen LogP contribution in [-0.4, -0.2) is 25.8 Å². The van der Waals surface area contributed by atoms with Crippen molar-refractivity contribution in [1.29, 1.82) is 0 Å². The number of rotatable bonds is 4. The Morgan fingerprint density at radius 1 is 1.00 bits per heavy atom. The first-order valence-corrected chi connectivity index (χ1v) is 9.74. The second-order valence-corrected chi connectivity index (χ2v) is 7.46. The average molecular weight is 420 g/mol. The largest absolute Gasteiger partial charge is 0.378 e. The van der Waals surface area contributed by atoms with Crippen molar-refractivity contribution in [3.05, 3.63) is 100 Å². The molecule has 0 unspecified atom stereocenters. The van der Waals surface area contributed by atoms with E-state index >= 15 is 0 Å². The van der Waals surface area contributed by atoms with E-state index < -0.39 is 0 Å². The maximum atomic E-state index is 13.4. The Balaban J connectivity index is 1.79. The first-order valence-electron chi connectivity index (χ1n) is 9.37. The third-order valence-corrected chi connectivity index (χ3v) is 5.10. The Labute approximate surface area is 179 Å². The number of anilines is 2. The van der Waals surface area contributed by atoms with Crippen molar-refractivity contribution in [2.75, 3.05) is 23.9 Å². The zero-order chi connectivity index (χ0) is 21.3. The highest BCUT2D eigenvalue weighted by molar-refractivity contribution is 6.34. The summed E-state index contributed by atoms with van der Waals surface area (Å²) in [6, 6.07) is 20.8. The van der Waals surface area contributed by atoms with Crippen LogP contribution in [0.2, 0.25) is 5.02 Å². The number of amidine groups is 1. The van der Waals surface area contributed by atoms with Crippen molar-refractivity contribution >= 4 is 40.8 Å². The molecular weight excluding hydrogens is 401 g/mol. The normalized spacial score (nSPS) is 14.9. The molecule has 1 aliphatic heterocycles. The van der Waals surface area contributed by atoms with Crippen molar-refractivity contribution in [3.63, 3.8) is 0 Å². The van der Waals surface area contributed by atoms with E-state index in [0.717, 1.165) is 11.3 Å². The van der Waals surface area contributed by atoms with Gasteiger partial charge in [0.25, 0.3) is 5.91 Å². The molecule has 1 heterocycles. The molecule has 0 radical (unpaired) electrons. The quantitative estimate of drug-likeness (QED) is 0.532. The van der Waals surface area contributed by atoms with E-state index in [2.05, 4.69) is 4.99 Å². The Kier molecular flexibility index (Phi) is 5.38. The lowest BCUT2D eigenvalue weighted by atomic mass is 10.1. The van der Waals surface area contributed by atoms with Crippen molar-refractivity contribution in [3.8, 4) is 0 Å². The van der Waals surface area contributed by atoms with Crippen LogP contribution in [0, 0.1) is 5.82 Å². The smallest absolute Gasteiger partial charge is 0.282 e. The predicted octanol–water partition coefficient (Wildman–Crippen LogP) is 5.38. The highest BCUT2D eigenvalue weighted by Crippen LogP contribution is 2.30. The number of carbonyl (C=O) groups excluding carboxylic acids is 1. The summed E-state index contributed by atoms with van der Waals surface area (Å²) in [6.07, 6.45) is 1.68. The Hall–Kier alpha value is -3.44. The lowest BCUT2D eigenvalue weighted by Gasteiger charge is -2.18. The van der Waals surface area contributed by atoms with Gasteiger partial charge in [0.05, 0.1) is 5.69 Å². The fourth-order valence-corrected chi connectivity index (χ4v) is 3.42. The number of hydrogen-bond acceptors (Lipinski definition) is 3. The van der Waals surface area contributed by atoms with E-state index in [1.807, 2.05) is 67.5 Å². The zero-order valence-corrected chi connectivity index (χ0v) is 17.3. The van der Waals surface area contributed by atoms with Gasteiger partial charge in [-0.2, -0.15) is 0 Å². The molecule has 0 saturated heterocycles. The molecule has 3 aromatic carbocycles. The molecule has 1 aliphatic rings. The molecule has 0 bridgehead atoms. The molecule has 0 fully saturated rings. The van der Waals surface area contributed by atoms with Gasteiger partial charge in [-0.15, -0.1) is 0 Å². The fourth-order valence-electron chi connectivity index (χ4n) is 3.19. The van der Waals surface area contributed by atoms with Gasteiger partial charge in [-0.25, -0.2) is 9.38 Å². The van der Waals surface area contributed by atoms with Crippen LogP contribution < -0.4 is 9.80 Å². The van der Waals surface area contributed by atoms with E-state index in [0.29, 0.717) is 22.1 Å². The van der Waals surface area contributed by atoms with Gasteiger partial charge >= 0.3 is 0 Å². The number of hydrogen-bond donors (Lipinski definition) is 0. The molecule has 0 saturated carbocycles. The predicted molar refractivity (Wildman–Crippen MR) is 121 cm³/mol. The fraction of sp³-hybridized carbons (Fsp3) is 0.0833. The average Bonchev–Trinajstić information content (AvgIpc) is 3.07. The summed E-state index contributed by atoms with van der Waals surface area (Å²) in [4.78, 5) is 21.3. The molecule has 1 amide bonds. The summed E-state index contributed by atoms with van der Waals surface area (Å²) in [7, 11) is 3.86. The van der Waals surface area contributed by atoms with Crippen molar-refractivity contribution < 1.29 is 9.18 Å². The van der Waals surface area contributed by atoms with Crippen LogP contribution >= 0.6 is 11.6 Å². The van der Waals surface area contributed by atoms with Gasteiger partial charge < -0.3 is 4.90 Å². The van der Waals surface area contributed by atoms with Gasteiger partial charge in [0.2, 0.25) is 0 Å². The first-order chi connectivity index (χ1) is 14.4. The molecule has 6 heteroatoms. The molecule has 30 heavy (non-hydrogen) atoms. The molecule has 0 spiro atoms. The lowest BCUT2D eigenvalue weighted by molar-refractivity contribution is -0.113. The number of benzene rings is 3. The second kappa shape index (κ2) is 8.13. The molecule has 4 rings (SSSR count). The van der Waals surface area contributed by atoms with Crippen molar-refractivity contribution in [2.45, 2.75) is 0 Å². The van der Waals surface area contributed by atoms with Crippen LogP contribution in [0.3, 0.4) is 0 Å². The third-order valence-electron chi connectivity index (χ3n) is 4.77. The Morgan fingerprint density at radius 3 is 2.33 bits per heavy atom. The van der Waals surface area contributed by atoms with Crippen molar-refractivity contribution in [2.24, 2.45) is 4.99 Å². The molecule has 0 atom stereocenters. The van der Waals surface area contributed by atoms with Crippen LogP contribution in [0.1, 0.15) is 11.1 Å². The zero-order valence-electron chi connectivity index (χ0n) is 16.5. The lowest BCUT2D eigenvalue weighted by Crippen LogP contribution is -2.32. The van der Waals surface area contributed by atoms with Crippen LogP contribution in [0.4, 0.5) is 15.8 Å². The van der Waals surface area contributed by atoms with Crippen LogP contribution in [-0.2, 0) is 4.79 Å². The third kappa shape index (κ3) is 3.84. The first kappa shape index (κ1) is 19.9. The minimum absolute atomic E-state index is 0.262. The summed E-state index contributed by atoms with van der Waals surface area (Å²) in [5, 5.41) is 0.526. The van der Waals surface area contributed by atoms with E-state index in [9.17, 15) is 9.18 Å². The van der Waals surface area contributed by atoms with E-state index in [4.69, 9.17) is 11.6 Å². The van der Waals surface area contributed by atoms with Crippen LogP contribution in [0.15, 0.2) is 83.5 Å². The SMILES string of the molecule is CN(C)c1ccc(C=C2N=C(c3ccccc3)N(c3ccc(F)cc3)C2=O)c(Cl)c1. The number of amides is 1. The molecule has 150 valence electrons. The molecule has 3 aromatic rings. The summed E-state index contributed by atoms with van der Waals surface area (Å²) in [5.41, 5.74) is 3.25. The van der Waals surface area contributed by atoms with Gasteiger partial charge in [-0.3, -0.25) is 9.69 Å².